The van der Waals surface area contributed by atoms with Gasteiger partial charge in [-0.05, 0) is 18.2 Å². The average molecular weight is 324 g/mol. The van der Waals surface area contributed by atoms with Crippen LogP contribution in [0.3, 0.4) is 0 Å². The molecule has 0 aromatic heterocycles. The first-order valence-electron chi connectivity index (χ1n) is 7.53. The first-order chi connectivity index (χ1) is 11.7. The van der Waals surface area contributed by atoms with Crippen LogP contribution in [0.4, 0.5) is 0 Å². The van der Waals surface area contributed by atoms with Gasteiger partial charge in [0.05, 0.1) is 5.97 Å². The van der Waals surface area contributed by atoms with Gasteiger partial charge in [-0.15, -0.1) is 0 Å². The topological polar surface area (TPSA) is 58.6 Å². The maximum atomic E-state index is 11.1. The van der Waals surface area contributed by atoms with Crippen molar-refractivity contribution in [3.05, 3.63) is 95.6 Å². The average Bonchev–Trinajstić information content (AvgIpc) is 3.03. The SMILES string of the molecule is O=C([O-])c1ccc2c(c1)OC(c1ccccc1)(c1ccccc1)O2.[Li+]. The first-order valence-corrected chi connectivity index (χ1v) is 7.53. The molecule has 25 heavy (non-hydrogen) atoms. The van der Waals surface area contributed by atoms with Gasteiger partial charge in [0.15, 0.2) is 11.5 Å². The van der Waals surface area contributed by atoms with Crippen LogP contribution in [0, 0.1) is 0 Å². The molecule has 5 heteroatoms. The molecule has 0 saturated carbocycles. The van der Waals surface area contributed by atoms with Crippen molar-refractivity contribution < 1.29 is 38.2 Å². The van der Waals surface area contributed by atoms with Gasteiger partial charge in [0.25, 0.3) is 0 Å². The molecule has 3 aromatic carbocycles. The van der Waals surface area contributed by atoms with E-state index in [0.717, 1.165) is 11.1 Å². The van der Waals surface area contributed by atoms with Gasteiger partial charge in [0.2, 0.25) is 0 Å². The van der Waals surface area contributed by atoms with Crippen LogP contribution in [0.15, 0.2) is 78.9 Å². The van der Waals surface area contributed by atoms with Gasteiger partial charge in [-0.1, -0.05) is 60.7 Å². The summed E-state index contributed by atoms with van der Waals surface area (Å²) in [5.41, 5.74) is 1.69. The van der Waals surface area contributed by atoms with E-state index in [1.165, 1.54) is 12.1 Å². The number of carbonyl (C=O) groups is 1. The molecule has 0 bridgehead atoms. The Morgan fingerprint density at radius 1 is 0.760 bits per heavy atom. The van der Waals surface area contributed by atoms with Crippen molar-refractivity contribution in [2.24, 2.45) is 0 Å². The summed E-state index contributed by atoms with van der Waals surface area (Å²) < 4.78 is 12.3. The molecule has 4 rings (SSSR count). The molecule has 1 heterocycles. The third kappa shape index (κ3) is 2.91. The number of rotatable bonds is 3. The van der Waals surface area contributed by atoms with Crippen LogP contribution in [0.25, 0.3) is 0 Å². The predicted octanol–water partition coefficient (Wildman–Crippen LogP) is -0.273. The fourth-order valence-corrected chi connectivity index (χ4v) is 2.85. The largest absolute Gasteiger partial charge is 1.00 e. The molecule has 0 fully saturated rings. The number of benzene rings is 3. The standard InChI is InChI=1S/C20H14O4.Li/c21-19(22)14-11-12-17-18(13-14)24-20(23-17,15-7-3-1-4-8-15)16-9-5-2-6-10-16;/h1-13H,(H,21,22);/q;+1/p-1. The zero-order valence-electron chi connectivity index (χ0n) is 13.6. The minimum absolute atomic E-state index is 0. The molecule has 0 unspecified atom stereocenters. The van der Waals surface area contributed by atoms with Crippen molar-refractivity contribution in [2.75, 3.05) is 0 Å². The Balaban J connectivity index is 0.00000182. The molecule has 0 aliphatic carbocycles. The second-order valence-corrected chi connectivity index (χ2v) is 5.50. The molecule has 0 atom stereocenters. The smallest absolute Gasteiger partial charge is 0.545 e. The van der Waals surface area contributed by atoms with Gasteiger partial charge in [-0.2, -0.15) is 0 Å². The van der Waals surface area contributed by atoms with E-state index in [1.807, 2.05) is 60.7 Å². The zero-order chi connectivity index (χ0) is 16.6. The molecule has 0 saturated heterocycles. The van der Waals surface area contributed by atoms with Crippen molar-refractivity contribution in [2.45, 2.75) is 5.79 Å². The van der Waals surface area contributed by atoms with Crippen LogP contribution in [0.2, 0.25) is 0 Å². The monoisotopic (exact) mass is 324 g/mol. The molecule has 0 spiro atoms. The number of fused-ring (bicyclic) bond motifs is 1. The summed E-state index contributed by atoms with van der Waals surface area (Å²) in [5.74, 6) is -1.52. The van der Waals surface area contributed by atoms with E-state index in [1.54, 1.807) is 6.07 Å². The fraction of sp³-hybridized carbons (Fsp3) is 0.0500. The van der Waals surface area contributed by atoms with Crippen molar-refractivity contribution in [1.29, 1.82) is 0 Å². The van der Waals surface area contributed by atoms with E-state index in [4.69, 9.17) is 9.47 Å². The molecule has 1 aliphatic heterocycles. The number of carboxylic acid groups (broad SMARTS) is 1. The Hall–Kier alpha value is -2.67. The summed E-state index contributed by atoms with van der Waals surface area (Å²) in [4.78, 5) is 11.1. The fourth-order valence-electron chi connectivity index (χ4n) is 2.85. The Morgan fingerprint density at radius 2 is 1.28 bits per heavy atom. The van der Waals surface area contributed by atoms with Gasteiger partial charge in [0, 0.05) is 16.7 Å². The molecule has 1 aliphatic rings. The quantitative estimate of drug-likeness (QED) is 0.622. The van der Waals surface area contributed by atoms with Gasteiger partial charge in [-0.3, -0.25) is 0 Å². The molecule has 3 aromatic rings. The third-order valence-electron chi connectivity index (χ3n) is 3.99. The van der Waals surface area contributed by atoms with Gasteiger partial charge in [-0.25, -0.2) is 0 Å². The normalized spacial score (nSPS) is 13.8. The molecular formula is C20H13LiO4. The Morgan fingerprint density at radius 3 is 1.80 bits per heavy atom. The van der Waals surface area contributed by atoms with Crippen molar-refractivity contribution >= 4 is 5.97 Å². The summed E-state index contributed by atoms with van der Waals surface area (Å²) in [6.07, 6.45) is 0. The van der Waals surface area contributed by atoms with Crippen LogP contribution in [-0.2, 0) is 5.79 Å². The molecular weight excluding hydrogens is 311 g/mol. The van der Waals surface area contributed by atoms with Crippen LogP contribution >= 0.6 is 0 Å². The molecule has 0 N–H and O–H groups in total. The van der Waals surface area contributed by atoms with Crippen molar-refractivity contribution in [1.82, 2.24) is 0 Å². The van der Waals surface area contributed by atoms with Crippen LogP contribution in [-0.4, -0.2) is 5.97 Å². The Labute approximate surface area is 157 Å². The summed E-state index contributed by atoms with van der Waals surface area (Å²) in [7, 11) is 0. The van der Waals surface area contributed by atoms with E-state index in [0.29, 0.717) is 11.5 Å². The van der Waals surface area contributed by atoms with Gasteiger partial charge < -0.3 is 19.4 Å². The van der Waals surface area contributed by atoms with Crippen LogP contribution in [0.1, 0.15) is 21.5 Å². The number of hydrogen-bond acceptors (Lipinski definition) is 4. The zero-order valence-corrected chi connectivity index (χ0v) is 13.6. The minimum Gasteiger partial charge on any atom is -0.545 e. The van der Waals surface area contributed by atoms with E-state index >= 15 is 0 Å². The van der Waals surface area contributed by atoms with Crippen LogP contribution < -0.4 is 33.4 Å². The van der Waals surface area contributed by atoms with E-state index in [2.05, 4.69) is 0 Å². The number of carbonyl (C=O) groups excluding carboxylic acids is 1. The second kappa shape index (κ2) is 6.68. The molecule has 0 radical (unpaired) electrons. The summed E-state index contributed by atoms with van der Waals surface area (Å²) >= 11 is 0. The summed E-state index contributed by atoms with van der Waals surface area (Å²) in [6, 6.07) is 23.6. The molecule has 118 valence electrons. The van der Waals surface area contributed by atoms with Crippen molar-refractivity contribution in [3.8, 4) is 11.5 Å². The number of aromatic carboxylic acids is 1. The maximum absolute atomic E-state index is 11.1. The predicted molar refractivity (Wildman–Crippen MR) is 85.7 cm³/mol. The number of ether oxygens (including phenoxy) is 2. The molecule has 0 amide bonds. The number of carboxylic acids is 1. The summed E-state index contributed by atoms with van der Waals surface area (Å²) in [6.45, 7) is 0. The second-order valence-electron chi connectivity index (χ2n) is 5.50. The first kappa shape index (κ1) is 17.2. The minimum atomic E-state index is -1.25. The third-order valence-corrected chi connectivity index (χ3v) is 3.99. The van der Waals surface area contributed by atoms with E-state index < -0.39 is 11.8 Å². The van der Waals surface area contributed by atoms with Gasteiger partial charge >= 0.3 is 24.6 Å². The number of hydrogen-bond donors (Lipinski definition) is 0. The Kier molecular flexibility index (Phi) is 4.58. The maximum Gasteiger partial charge on any atom is 1.00 e. The molecule has 4 nitrogen and oxygen atoms in total. The van der Waals surface area contributed by atoms with Crippen LogP contribution in [0.5, 0.6) is 11.5 Å². The van der Waals surface area contributed by atoms with E-state index in [9.17, 15) is 9.90 Å². The Bertz CT molecular complexity index is 855. The summed E-state index contributed by atoms with van der Waals surface area (Å²) in [5, 5.41) is 11.1. The van der Waals surface area contributed by atoms with Gasteiger partial charge in [0.1, 0.15) is 0 Å². The van der Waals surface area contributed by atoms with E-state index in [-0.39, 0.29) is 24.4 Å². The van der Waals surface area contributed by atoms with Crippen molar-refractivity contribution in [3.63, 3.8) is 0 Å².